The molecule has 2 atom stereocenters. The SMILES string of the molecule is Cc1cc(F)ccc1C(O)CN(Cc1cccnc1)CC1CCCO1. The highest BCUT2D eigenvalue weighted by atomic mass is 19.1. The van der Waals surface area contributed by atoms with Gasteiger partial charge in [0.25, 0.3) is 0 Å². The number of hydrogen-bond donors (Lipinski definition) is 1. The highest BCUT2D eigenvalue weighted by Crippen LogP contribution is 2.22. The summed E-state index contributed by atoms with van der Waals surface area (Å²) in [5, 5.41) is 10.7. The van der Waals surface area contributed by atoms with Gasteiger partial charge in [0, 0.05) is 38.6 Å². The van der Waals surface area contributed by atoms with Crippen molar-refractivity contribution in [1.29, 1.82) is 0 Å². The molecule has 1 N–H and O–H groups in total. The lowest BCUT2D eigenvalue weighted by atomic mass is 10.0. The van der Waals surface area contributed by atoms with Crippen LogP contribution in [0.2, 0.25) is 0 Å². The van der Waals surface area contributed by atoms with Crippen LogP contribution in [-0.2, 0) is 11.3 Å². The fourth-order valence-corrected chi connectivity index (χ4v) is 3.39. The number of aliphatic hydroxyl groups excluding tert-OH is 1. The number of rotatable bonds is 7. The Morgan fingerprint density at radius 1 is 1.40 bits per heavy atom. The third kappa shape index (κ3) is 5.08. The normalized spacial score (nSPS) is 18.6. The molecule has 0 amide bonds. The Hall–Kier alpha value is -1.82. The number of aliphatic hydroxyl groups is 1. The molecule has 2 heterocycles. The number of ether oxygens (including phenoxy) is 1. The van der Waals surface area contributed by atoms with E-state index in [0.717, 1.165) is 42.7 Å². The minimum Gasteiger partial charge on any atom is -0.387 e. The van der Waals surface area contributed by atoms with E-state index in [4.69, 9.17) is 4.74 Å². The molecular formula is C20H25FN2O2. The largest absolute Gasteiger partial charge is 0.387 e. The van der Waals surface area contributed by atoms with Crippen molar-refractivity contribution in [2.45, 2.75) is 38.5 Å². The monoisotopic (exact) mass is 344 g/mol. The molecule has 134 valence electrons. The van der Waals surface area contributed by atoms with Crippen molar-refractivity contribution in [3.05, 3.63) is 65.2 Å². The standard InChI is InChI=1S/C20H25FN2O2/c1-15-10-17(21)6-7-19(15)20(24)14-23(13-18-5-3-9-25-18)12-16-4-2-8-22-11-16/h2,4,6-8,10-11,18,20,24H,3,5,9,12-14H2,1H3. The van der Waals surface area contributed by atoms with Gasteiger partial charge >= 0.3 is 0 Å². The van der Waals surface area contributed by atoms with Gasteiger partial charge in [-0.2, -0.15) is 0 Å². The summed E-state index contributed by atoms with van der Waals surface area (Å²) in [5.41, 5.74) is 2.64. The van der Waals surface area contributed by atoms with E-state index in [1.165, 1.54) is 12.1 Å². The maximum absolute atomic E-state index is 13.3. The van der Waals surface area contributed by atoms with E-state index >= 15 is 0 Å². The van der Waals surface area contributed by atoms with E-state index in [1.54, 1.807) is 12.3 Å². The van der Waals surface area contributed by atoms with Crippen LogP contribution in [0.25, 0.3) is 0 Å². The number of aryl methyl sites for hydroxylation is 1. The van der Waals surface area contributed by atoms with Crippen LogP contribution in [0, 0.1) is 12.7 Å². The van der Waals surface area contributed by atoms with E-state index in [9.17, 15) is 9.50 Å². The summed E-state index contributed by atoms with van der Waals surface area (Å²) in [6.07, 6.45) is 5.28. The van der Waals surface area contributed by atoms with E-state index < -0.39 is 6.10 Å². The Morgan fingerprint density at radius 2 is 2.28 bits per heavy atom. The van der Waals surface area contributed by atoms with Crippen LogP contribution < -0.4 is 0 Å². The molecule has 1 saturated heterocycles. The van der Waals surface area contributed by atoms with Gasteiger partial charge in [-0.1, -0.05) is 12.1 Å². The highest BCUT2D eigenvalue weighted by molar-refractivity contribution is 5.28. The van der Waals surface area contributed by atoms with Gasteiger partial charge in [-0.15, -0.1) is 0 Å². The Kier molecular flexibility index (Phi) is 6.13. The van der Waals surface area contributed by atoms with Crippen molar-refractivity contribution in [2.75, 3.05) is 19.7 Å². The Balaban J connectivity index is 1.71. The maximum Gasteiger partial charge on any atom is 0.123 e. The van der Waals surface area contributed by atoms with Crippen LogP contribution >= 0.6 is 0 Å². The van der Waals surface area contributed by atoms with Crippen LogP contribution in [0.4, 0.5) is 4.39 Å². The first-order valence-corrected chi connectivity index (χ1v) is 8.79. The molecule has 0 aliphatic carbocycles. The molecule has 3 rings (SSSR count). The van der Waals surface area contributed by atoms with E-state index in [1.807, 2.05) is 25.3 Å². The van der Waals surface area contributed by atoms with Crippen LogP contribution in [0.15, 0.2) is 42.7 Å². The van der Waals surface area contributed by atoms with Gasteiger partial charge in [0.2, 0.25) is 0 Å². The fourth-order valence-electron chi connectivity index (χ4n) is 3.39. The minimum atomic E-state index is -0.668. The first-order chi connectivity index (χ1) is 12.1. The summed E-state index contributed by atoms with van der Waals surface area (Å²) in [4.78, 5) is 6.36. The predicted octanol–water partition coefficient (Wildman–Crippen LogP) is 3.24. The van der Waals surface area contributed by atoms with Crippen LogP contribution in [0.3, 0.4) is 0 Å². The second-order valence-electron chi connectivity index (χ2n) is 6.71. The lowest BCUT2D eigenvalue weighted by molar-refractivity contribution is 0.0458. The molecular weight excluding hydrogens is 319 g/mol. The topological polar surface area (TPSA) is 45.6 Å². The third-order valence-corrected chi connectivity index (χ3v) is 4.64. The molecule has 2 aromatic rings. The van der Waals surface area contributed by atoms with Crippen LogP contribution in [0.5, 0.6) is 0 Å². The Morgan fingerprint density at radius 3 is 2.96 bits per heavy atom. The van der Waals surface area contributed by atoms with Gasteiger partial charge < -0.3 is 9.84 Å². The number of nitrogens with zero attached hydrogens (tertiary/aromatic N) is 2. The average Bonchev–Trinajstić information content (AvgIpc) is 3.08. The Bertz CT molecular complexity index is 675. The molecule has 0 saturated carbocycles. The molecule has 25 heavy (non-hydrogen) atoms. The average molecular weight is 344 g/mol. The second-order valence-corrected chi connectivity index (χ2v) is 6.71. The van der Waals surface area contributed by atoms with Crippen molar-refractivity contribution in [2.24, 2.45) is 0 Å². The first kappa shape index (κ1) is 18.0. The molecule has 0 spiro atoms. The summed E-state index contributed by atoms with van der Waals surface area (Å²) in [6, 6.07) is 8.48. The number of benzene rings is 1. The van der Waals surface area contributed by atoms with Crippen LogP contribution in [0.1, 0.15) is 35.6 Å². The molecule has 4 nitrogen and oxygen atoms in total. The van der Waals surface area contributed by atoms with Crippen molar-refractivity contribution in [3.8, 4) is 0 Å². The van der Waals surface area contributed by atoms with Crippen LogP contribution in [-0.4, -0.2) is 40.8 Å². The van der Waals surface area contributed by atoms with Crippen molar-refractivity contribution >= 4 is 0 Å². The number of hydrogen-bond acceptors (Lipinski definition) is 4. The summed E-state index contributed by atoms with van der Waals surface area (Å²) in [5.74, 6) is -0.278. The number of aromatic nitrogens is 1. The lowest BCUT2D eigenvalue weighted by Gasteiger charge is -2.28. The molecule has 1 aromatic carbocycles. The maximum atomic E-state index is 13.3. The fraction of sp³-hybridized carbons (Fsp3) is 0.450. The lowest BCUT2D eigenvalue weighted by Crippen LogP contribution is -2.35. The zero-order valence-electron chi connectivity index (χ0n) is 14.6. The molecule has 1 fully saturated rings. The molecule has 1 aliphatic rings. The molecule has 1 aromatic heterocycles. The van der Waals surface area contributed by atoms with Gasteiger partial charge in [0.05, 0.1) is 12.2 Å². The highest BCUT2D eigenvalue weighted by Gasteiger charge is 2.22. The minimum absolute atomic E-state index is 0.207. The first-order valence-electron chi connectivity index (χ1n) is 8.79. The van der Waals surface area contributed by atoms with Crippen molar-refractivity contribution in [1.82, 2.24) is 9.88 Å². The molecule has 5 heteroatoms. The third-order valence-electron chi connectivity index (χ3n) is 4.64. The molecule has 0 radical (unpaired) electrons. The molecule has 0 bridgehead atoms. The summed E-state index contributed by atoms with van der Waals surface area (Å²) in [7, 11) is 0. The summed E-state index contributed by atoms with van der Waals surface area (Å²) in [6.45, 7) is 4.58. The van der Waals surface area contributed by atoms with Crippen molar-refractivity contribution in [3.63, 3.8) is 0 Å². The quantitative estimate of drug-likeness (QED) is 0.837. The number of pyridine rings is 1. The zero-order chi connectivity index (χ0) is 17.6. The molecule has 1 aliphatic heterocycles. The van der Waals surface area contributed by atoms with Gasteiger partial charge in [-0.25, -0.2) is 4.39 Å². The second kappa shape index (κ2) is 8.52. The van der Waals surface area contributed by atoms with E-state index in [-0.39, 0.29) is 11.9 Å². The smallest absolute Gasteiger partial charge is 0.123 e. The van der Waals surface area contributed by atoms with Crippen molar-refractivity contribution < 1.29 is 14.2 Å². The zero-order valence-corrected chi connectivity index (χ0v) is 14.6. The van der Waals surface area contributed by atoms with Gasteiger partial charge in [0.15, 0.2) is 0 Å². The number of halogens is 1. The molecule has 2 unspecified atom stereocenters. The summed E-state index contributed by atoms with van der Waals surface area (Å²) < 4.78 is 19.1. The summed E-state index contributed by atoms with van der Waals surface area (Å²) >= 11 is 0. The predicted molar refractivity (Wildman–Crippen MR) is 94.6 cm³/mol. The van der Waals surface area contributed by atoms with Gasteiger partial charge in [-0.3, -0.25) is 9.88 Å². The Labute approximate surface area is 148 Å². The van der Waals surface area contributed by atoms with E-state index in [0.29, 0.717) is 13.1 Å². The van der Waals surface area contributed by atoms with Gasteiger partial charge in [-0.05, 0) is 54.7 Å². The van der Waals surface area contributed by atoms with E-state index in [2.05, 4.69) is 9.88 Å². The van der Waals surface area contributed by atoms with Gasteiger partial charge in [0.1, 0.15) is 5.82 Å².